The first-order chi connectivity index (χ1) is 13.7. The SMILES string of the molecule is Fc1ccc(/C=C2\CCCC3=C2Nc2nnnn2[C@@H]3c2ccc(F)cc2)cc1. The minimum absolute atomic E-state index is 0.182. The second kappa shape index (κ2) is 6.67. The van der Waals surface area contributed by atoms with Crippen molar-refractivity contribution >= 4 is 12.0 Å². The number of nitrogens with one attached hydrogen (secondary N) is 1. The standard InChI is InChI=1S/C21H17F2N5/c22-16-8-4-13(5-9-16)12-15-2-1-3-18-19(15)24-21-25-26-27-28(21)20(18)14-6-10-17(23)11-7-14/h4-12,20H,1-3H2,(H,24,25,27)/b15-12+/t20-/m1/s1. The quantitative estimate of drug-likeness (QED) is 0.715. The maximum atomic E-state index is 13.4. The molecule has 2 aromatic carbocycles. The summed E-state index contributed by atoms with van der Waals surface area (Å²) in [6.45, 7) is 0. The monoisotopic (exact) mass is 377 g/mol. The number of benzene rings is 2. The molecule has 1 atom stereocenters. The number of allylic oxidation sites excluding steroid dienone is 2. The van der Waals surface area contributed by atoms with Crippen LogP contribution in [0.5, 0.6) is 0 Å². The summed E-state index contributed by atoms with van der Waals surface area (Å²) >= 11 is 0. The van der Waals surface area contributed by atoms with Crippen molar-refractivity contribution in [1.29, 1.82) is 0 Å². The lowest BCUT2D eigenvalue weighted by Crippen LogP contribution is -2.28. The van der Waals surface area contributed by atoms with Crippen molar-refractivity contribution in [3.05, 3.63) is 88.1 Å². The molecule has 0 saturated carbocycles. The van der Waals surface area contributed by atoms with Gasteiger partial charge in [0.1, 0.15) is 17.7 Å². The van der Waals surface area contributed by atoms with Crippen molar-refractivity contribution in [1.82, 2.24) is 20.2 Å². The summed E-state index contributed by atoms with van der Waals surface area (Å²) in [6.07, 6.45) is 4.86. The Bertz CT molecular complexity index is 1080. The maximum Gasteiger partial charge on any atom is 0.248 e. The van der Waals surface area contributed by atoms with Crippen molar-refractivity contribution in [3.63, 3.8) is 0 Å². The van der Waals surface area contributed by atoms with E-state index in [9.17, 15) is 8.78 Å². The van der Waals surface area contributed by atoms with Gasteiger partial charge in [0.2, 0.25) is 5.95 Å². The molecule has 140 valence electrons. The molecular formula is C21H17F2N5. The van der Waals surface area contributed by atoms with Crippen LogP contribution in [0.25, 0.3) is 6.08 Å². The molecule has 1 N–H and O–H groups in total. The van der Waals surface area contributed by atoms with Crippen LogP contribution < -0.4 is 5.32 Å². The number of hydrogen-bond donors (Lipinski definition) is 1. The normalized spacial score (nSPS) is 19.9. The molecule has 5 nitrogen and oxygen atoms in total. The Labute approximate surface area is 160 Å². The van der Waals surface area contributed by atoms with Gasteiger partial charge in [-0.05, 0) is 82.3 Å². The van der Waals surface area contributed by atoms with E-state index >= 15 is 0 Å². The van der Waals surface area contributed by atoms with E-state index in [1.54, 1.807) is 28.9 Å². The van der Waals surface area contributed by atoms with Crippen molar-refractivity contribution in [2.45, 2.75) is 25.3 Å². The van der Waals surface area contributed by atoms with E-state index in [0.717, 1.165) is 41.7 Å². The van der Waals surface area contributed by atoms with Crippen LogP contribution in [0, 0.1) is 11.6 Å². The van der Waals surface area contributed by atoms with Crippen molar-refractivity contribution < 1.29 is 8.78 Å². The number of halogens is 2. The Morgan fingerprint density at radius 3 is 2.43 bits per heavy atom. The average molecular weight is 377 g/mol. The van der Waals surface area contributed by atoms with Gasteiger partial charge in [0.05, 0.1) is 0 Å². The minimum atomic E-state index is -0.274. The summed E-state index contributed by atoms with van der Waals surface area (Å²) in [4.78, 5) is 0. The summed E-state index contributed by atoms with van der Waals surface area (Å²) in [5.74, 6) is 0.0291. The molecule has 2 aliphatic rings. The van der Waals surface area contributed by atoms with Crippen molar-refractivity contribution in [2.75, 3.05) is 5.32 Å². The number of nitrogens with zero attached hydrogens (tertiary/aromatic N) is 4. The van der Waals surface area contributed by atoms with Crippen LogP contribution >= 0.6 is 0 Å². The molecule has 0 fully saturated rings. The van der Waals surface area contributed by atoms with Gasteiger partial charge in [-0.1, -0.05) is 29.4 Å². The Kier molecular flexibility index (Phi) is 4.00. The molecule has 0 saturated heterocycles. The van der Waals surface area contributed by atoms with Crippen LogP contribution in [0.15, 0.2) is 65.4 Å². The van der Waals surface area contributed by atoms with E-state index in [1.165, 1.54) is 29.8 Å². The molecule has 3 aromatic rings. The third kappa shape index (κ3) is 2.89. The van der Waals surface area contributed by atoms with Crippen molar-refractivity contribution in [3.8, 4) is 0 Å². The third-order valence-corrected chi connectivity index (χ3v) is 5.24. The molecule has 0 amide bonds. The molecule has 0 bridgehead atoms. The zero-order valence-electron chi connectivity index (χ0n) is 14.9. The highest BCUT2D eigenvalue weighted by atomic mass is 19.1. The van der Waals surface area contributed by atoms with Gasteiger partial charge in [0, 0.05) is 5.70 Å². The van der Waals surface area contributed by atoms with Crippen LogP contribution in [0.1, 0.15) is 36.4 Å². The highest BCUT2D eigenvalue weighted by Crippen LogP contribution is 2.43. The topological polar surface area (TPSA) is 55.6 Å². The lowest BCUT2D eigenvalue weighted by Gasteiger charge is -2.34. The van der Waals surface area contributed by atoms with Gasteiger partial charge in [-0.15, -0.1) is 0 Å². The molecule has 0 spiro atoms. The predicted octanol–water partition coefficient (Wildman–Crippen LogP) is 4.49. The molecular weight excluding hydrogens is 360 g/mol. The van der Waals surface area contributed by atoms with E-state index in [1.807, 2.05) is 0 Å². The van der Waals surface area contributed by atoms with Crippen LogP contribution in [0.3, 0.4) is 0 Å². The Morgan fingerprint density at radius 2 is 1.68 bits per heavy atom. The van der Waals surface area contributed by atoms with E-state index in [0.29, 0.717) is 5.95 Å². The summed E-state index contributed by atoms with van der Waals surface area (Å²) in [5, 5.41) is 15.4. The number of rotatable bonds is 2. The zero-order chi connectivity index (χ0) is 19.1. The average Bonchev–Trinajstić information content (AvgIpc) is 3.17. The fourth-order valence-corrected chi connectivity index (χ4v) is 3.96. The van der Waals surface area contributed by atoms with Crippen LogP contribution in [0.4, 0.5) is 14.7 Å². The molecule has 1 aromatic heterocycles. The molecule has 2 heterocycles. The van der Waals surface area contributed by atoms with Crippen LogP contribution in [-0.4, -0.2) is 20.2 Å². The van der Waals surface area contributed by atoms with Gasteiger partial charge in [0.25, 0.3) is 0 Å². The van der Waals surface area contributed by atoms with E-state index < -0.39 is 0 Å². The molecule has 1 aliphatic carbocycles. The van der Waals surface area contributed by atoms with Crippen LogP contribution in [0.2, 0.25) is 0 Å². The first-order valence-corrected chi connectivity index (χ1v) is 9.19. The Morgan fingerprint density at radius 1 is 0.964 bits per heavy atom. The lowest BCUT2D eigenvalue weighted by molar-refractivity contribution is 0.523. The fraction of sp³-hybridized carbons (Fsp3) is 0.190. The van der Waals surface area contributed by atoms with Gasteiger partial charge >= 0.3 is 0 Å². The van der Waals surface area contributed by atoms with Crippen molar-refractivity contribution in [2.24, 2.45) is 0 Å². The molecule has 5 rings (SSSR count). The smallest absolute Gasteiger partial charge is 0.248 e. The summed E-state index contributed by atoms with van der Waals surface area (Å²) in [7, 11) is 0. The highest BCUT2D eigenvalue weighted by Gasteiger charge is 2.34. The van der Waals surface area contributed by atoms with Gasteiger partial charge in [-0.3, -0.25) is 0 Å². The Hall–Kier alpha value is -3.35. The second-order valence-electron chi connectivity index (χ2n) is 7.00. The molecule has 1 aliphatic heterocycles. The number of tetrazole rings is 1. The number of hydrogen-bond acceptors (Lipinski definition) is 4. The van der Waals surface area contributed by atoms with E-state index in [2.05, 4.69) is 26.9 Å². The van der Waals surface area contributed by atoms with E-state index in [-0.39, 0.29) is 17.7 Å². The van der Waals surface area contributed by atoms with Gasteiger partial charge < -0.3 is 5.32 Å². The molecule has 0 radical (unpaired) electrons. The van der Waals surface area contributed by atoms with E-state index in [4.69, 9.17) is 0 Å². The minimum Gasteiger partial charge on any atom is -0.323 e. The lowest BCUT2D eigenvalue weighted by atomic mass is 9.83. The molecule has 7 heteroatoms. The third-order valence-electron chi connectivity index (χ3n) is 5.24. The predicted molar refractivity (Wildman–Crippen MR) is 101 cm³/mol. The summed E-state index contributed by atoms with van der Waals surface area (Å²) in [6, 6.07) is 12.7. The first kappa shape index (κ1) is 16.8. The van der Waals surface area contributed by atoms with Gasteiger partial charge in [-0.2, -0.15) is 4.68 Å². The number of anilines is 1. The second-order valence-corrected chi connectivity index (χ2v) is 7.00. The molecule has 0 unspecified atom stereocenters. The highest BCUT2D eigenvalue weighted by molar-refractivity contribution is 5.65. The zero-order valence-corrected chi connectivity index (χ0v) is 14.9. The summed E-state index contributed by atoms with van der Waals surface area (Å²) < 4.78 is 28.4. The first-order valence-electron chi connectivity index (χ1n) is 9.19. The van der Waals surface area contributed by atoms with Gasteiger partial charge in [0.15, 0.2) is 0 Å². The number of fused-ring (bicyclic) bond motifs is 1. The van der Waals surface area contributed by atoms with Crippen LogP contribution in [-0.2, 0) is 0 Å². The molecule has 28 heavy (non-hydrogen) atoms. The maximum absolute atomic E-state index is 13.4. The fourth-order valence-electron chi connectivity index (χ4n) is 3.96. The number of aromatic nitrogens is 4. The summed E-state index contributed by atoms with van der Waals surface area (Å²) in [5.41, 5.74) is 5.19. The Balaban J connectivity index is 1.63. The van der Waals surface area contributed by atoms with Gasteiger partial charge in [-0.25, -0.2) is 8.78 Å². The largest absolute Gasteiger partial charge is 0.323 e.